The van der Waals surface area contributed by atoms with Crippen molar-refractivity contribution in [2.24, 2.45) is 5.73 Å². The molecule has 0 bridgehead atoms. The van der Waals surface area contributed by atoms with E-state index < -0.39 is 11.9 Å². The number of anilines is 1. The molecule has 0 saturated carbocycles. The van der Waals surface area contributed by atoms with Crippen LogP contribution in [-0.2, 0) is 4.79 Å². The molecule has 72 valence electrons. The average Bonchev–Trinajstić information content (AvgIpc) is 2.06. The lowest BCUT2D eigenvalue weighted by molar-refractivity contribution is -0.118. The third-order valence-electron chi connectivity index (χ3n) is 1.35. The topological polar surface area (TPSA) is 80.9 Å². The number of carbonyl (C=O) groups is 1. The summed E-state index contributed by atoms with van der Waals surface area (Å²) < 4.78 is 0. The summed E-state index contributed by atoms with van der Waals surface area (Å²) in [6, 6.07) is -0.429. The number of halogens is 1. The number of primary amides is 1. The molecule has 0 saturated heterocycles. The number of amides is 1. The Bertz CT molecular complexity index is 266. The standard InChI is InChI=1S/C7H10N4O.ClH/c1-5(7(8)12)11-6-4-9-2-3-10-6;/h2-5H,1H3,(H2,8,12)(H,10,11);1H/t5-;/m1./s1. The second-order valence-electron chi connectivity index (χ2n) is 2.36. The Kier molecular flexibility index (Phi) is 4.76. The first-order valence-corrected chi connectivity index (χ1v) is 3.52. The molecule has 5 nitrogen and oxygen atoms in total. The highest BCUT2D eigenvalue weighted by molar-refractivity contribution is 5.85. The Morgan fingerprint density at radius 2 is 2.31 bits per heavy atom. The van der Waals surface area contributed by atoms with Crippen molar-refractivity contribution in [3.8, 4) is 0 Å². The summed E-state index contributed by atoms with van der Waals surface area (Å²) in [6.07, 6.45) is 4.62. The average molecular weight is 203 g/mol. The molecule has 1 atom stereocenters. The van der Waals surface area contributed by atoms with Gasteiger partial charge in [-0.25, -0.2) is 4.98 Å². The molecule has 0 aromatic carbocycles. The summed E-state index contributed by atoms with van der Waals surface area (Å²) in [5.41, 5.74) is 5.03. The van der Waals surface area contributed by atoms with Crippen LogP contribution in [0.3, 0.4) is 0 Å². The predicted octanol–water partition coefficient (Wildman–Crippen LogP) is 0.184. The monoisotopic (exact) mass is 202 g/mol. The Morgan fingerprint density at radius 3 is 2.77 bits per heavy atom. The van der Waals surface area contributed by atoms with Crippen LogP contribution < -0.4 is 11.1 Å². The third-order valence-corrected chi connectivity index (χ3v) is 1.35. The van der Waals surface area contributed by atoms with Gasteiger partial charge in [-0.3, -0.25) is 9.78 Å². The quantitative estimate of drug-likeness (QED) is 0.733. The minimum atomic E-state index is -0.429. The number of aromatic nitrogens is 2. The normalized spacial score (nSPS) is 11.2. The smallest absolute Gasteiger partial charge is 0.239 e. The maximum Gasteiger partial charge on any atom is 0.239 e. The van der Waals surface area contributed by atoms with E-state index in [9.17, 15) is 4.79 Å². The summed E-state index contributed by atoms with van der Waals surface area (Å²) in [4.78, 5) is 18.4. The first kappa shape index (κ1) is 11.6. The first-order chi connectivity index (χ1) is 5.70. The number of hydrogen-bond donors (Lipinski definition) is 2. The molecular weight excluding hydrogens is 192 g/mol. The van der Waals surface area contributed by atoms with Crippen molar-refractivity contribution in [3.05, 3.63) is 18.6 Å². The van der Waals surface area contributed by atoms with E-state index in [0.29, 0.717) is 5.82 Å². The van der Waals surface area contributed by atoms with Gasteiger partial charge >= 0.3 is 0 Å². The van der Waals surface area contributed by atoms with Gasteiger partial charge in [0.25, 0.3) is 0 Å². The largest absolute Gasteiger partial charge is 0.368 e. The molecule has 3 N–H and O–H groups in total. The first-order valence-electron chi connectivity index (χ1n) is 3.52. The van der Waals surface area contributed by atoms with Crippen molar-refractivity contribution < 1.29 is 4.79 Å². The highest BCUT2D eigenvalue weighted by atomic mass is 35.5. The molecule has 1 amide bonds. The second-order valence-corrected chi connectivity index (χ2v) is 2.36. The van der Waals surface area contributed by atoms with Crippen LogP contribution in [0.15, 0.2) is 18.6 Å². The lowest BCUT2D eigenvalue weighted by Gasteiger charge is -2.08. The minimum absolute atomic E-state index is 0. The van der Waals surface area contributed by atoms with E-state index in [1.54, 1.807) is 13.1 Å². The van der Waals surface area contributed by atoms with Gasteiger partial charge in [-0.2, -0.15) is 0 Å². The summed E-state index contributed by atoms with van der Waals surface area (Å²) in [6.45, 7) is 1.66. The van der Waals surface area contributed by atoms with Crippen LogP contribution >= 0.6 is 12.4 Å². The summed E-state index contributed by atoms with van der Waals surface area (Å²) in [5.74, 6) is 0.129. The molecule has 0 radical (unpaired) electrons. The van der Waals surface area contributed by atoms with Gasteiger partial charge in [0.2, 0.25) is 5.91 Å². The molecule has 1 aromatic rings. The van der Waals surface area contributed by atoms with Crippen molar-refractivity contribution in [2.45, 2.75) is 13.0 Å². The van der Waals surface area contributed by atoms with E-state index in [2.05, 4.69) is 15.3 Å². The zero-order chi connectivity index (χ0) is 8.97. The number of nitrogens with one attached hydrogen (secondary N) is 1. The summed E-state index contributed by atoms with van der Waals surface area (Å²) in [5, 5.41) is 2.79. The van der Waals surface area contributed by atoms with Crippen LogP contribution in [0.1, 0.15) is 6.92 Å². The molecule has 0 aliphatic rings. The van der Waals surface area contributed by atoms with Crippen LogP contribution in [0.5, 0.6) is 0 Å². The van der Waals surface area contributed by atoms with Gasteiger partial charge in [-0.1, -0.05) is 0 Å². The van der Waals surface area contributed by atoms with Crippen molar-refractivity contribution in [1.82, 2.24) is 9.97 Å². The van der Waals surface area contributed by atoms with Gasteiger partial charge in [-0.15, -0.1) is 12.4 Å². The molecule has 0 fully saturated rings. The highest BCUT2D eigenvalue weighted by Crippen LogP contribution is 1.99. The molecule has 0 spiro atoms. The highest BCUT2D eigenvalue weighted by Gasteiger charge is 2.07. The van der Waals surface area contributed by atoms with E-state index in [1.165, 1.54) is 12.4 Å². The number of nitrogens with two attached hydrogens (primary N) is 1. The van der Waals surface area contributed by atoms with E-state index in [1.807, 2.05) is 0 Å². The van der Waals surface area contributed by atoms with Gasteiger partial charge in [-0.05, 0) is 6.92 Å². The van der Waals surface area contributed by atoms with Crippen molar-refractivity contribution in [1.29, 1.82) is 0 Å². The fourth-order valence-electron chi connectivity index (χ4n) is 0.667. The fraction of sp³-hybridized carbons (Fsp3) is 0.286. The maximum absolute atomic E-state index is 10.6. The Hall–Kier alpha value is -1.36. The number of hydrogen-bond acceptors (Lipinski definition) is 4. The molecule has 0 aliphatic carbocycles. The zero-order valence-electron chi connectivity index (χ0n) is 7.10. The number of rotatable bonds is 3. The molecule has 1 rings (SSSR count). The van der Waals surface area contributed by atoms with Gasteiger partial charge in [0.15, 0.2) is 0 Å². The predicted molar refractivity (Wildman–Crippen MR) is 51.6 cm³/mol. The Labute approximate surface area is 82.2 Å². The summed E-state index contributed by atoms with van der Waals surface area (Å²) >= 11 is 0. The number of nitrogens with zero attached hydrogens (tertiary/aromatic N) is 2. The van der Waals surface area contributed by atoms with Crippen LogP contribution in [0.25, 0.3) is 0 Å². The number of carbonyl (C=O) groups excluding carboxylic acids is 1. The molecule has 13 heavy (non-hydrogen) atoms. The molecule has 1 heterocycles. The molecular formula is C7H11ClN4O. The van der Waals surface area contributed by atoms with Crippen molar-refractivity contribution >= 4 is 24.1 Å². The SMILES string of the molecule is C[C@@H](Nc1cnccn1)C(N)=O.Cl. The van der Waals surface area contributed by atoms with Crippen molar-refractivity contribution in [2.75, 3.05) is 5.32 Å². The van der Waals surface area contributed by atoms with E-state index >= 15 is 0 Å². The van der Waals surface area contributed by atoms with Gasteiger partial charge < -0.3 is 11.1 Å². The van der Waals surface area contributed by atoms with Gasteiger partial charge in [0.1, 0.15) is 11.9 Å². The van der Waals surface area contributed by atoms with E-state index in [-0.39, 0.29) is 12.4 Å². The van der Waals surface area contributed by atoms with E-state index in [4.69, 9.17) is 5.73 Å². The lowest BCUT2D eigenvalue weighted by Crippen LogP contribution is -2.32. The fourth-order valence-corrected chi connectivity index (χ4v) is 0.667. The summed E-state index contributed by atoms with van der Waals surface area (Å²) in [7, 11) is 0. The van der Waals surface area contributed by atoms with Gasteiger partial charge in [0, 0.05) is 12.4 Å². The van der Waals surface area contributed by atoms with Gasteiger partial charge in [0.05, 0.1) is 6.20 Å². The van der Waals surface area contributed by atoms with Crippen molar-refractivity contribution in [3.63, 3.8) is 0 Å². The van der Waals surface area contributed by atoms with Crippen LogP contribution in [0.2, 0.25) is 0 Å². The Morgan fingerprint density at radius 1 is 1.62 bits per heavy atom. The molecule has 0 unspecified atom stereocenters. The Balaban J connectivity index is 0.00000144. The molecule has 0 aliphatic heterocycles. The zero-order valence-corrected chi connectivity index (χ0v) is 7.91. The van der Waals surface area contributed by atoms with Crippen LogP contribution in [-0.4, -0.2) is 21.9 Å². The minimum Gasteiger partial charge on any atom is -0.368 e. The molecule has 6 heteroatoms. The van der Waals surface area contributed by atoms with E-state index in [0.717, 1.165) is 0 Å². The van der Waals surface area contributed by atoms with Crippen LogP contribution in [0, 0.1) is 0 Å². The molecule has 1 aromatic heterocycles. The maximum atomic E-state index is 10.6. The van der Waals surface area contributed by atoms with Crippen LogP contribution in [0.4, 0.5) is 5.82 Å². The second kappa shape index (κ2) is 5.31. The third kappa shape index (κ3) is 3.71. The lowest BCUT2D eigenvalue weighted by atomic mass is 10.3.